The second-order valence-electron chi connectivity index (χ2n) is 5.84. The predicted molar refractivity (Wildman–Crippen MR) is 71.5 cm³/mol. The molecule has 4 nitrogen and oxygen atoms in total. The van der Waals surface area contributed by atoms with Crippen LogP contribution in [0.3, 0.4) is 0 Å². The lowest BCUT2D eigenvalue weighted by molar-refractivity contribution is -0.131. The maximum atomic E-state index is 11.9. The lowest BCUT2D eigenvalue weighted by Crippen LogP contribution is -2.57. The van der Waals surface area contributed by atoms with Crippen LogP contribution in [0.1, 0.15) is 51.9 Å². The molecule has 0 aromatic rings. The Morgan fingerprint density at radius 2 is 2.11 bits per heavy atom. The molecule has 1 amide bonds. The Labute approximate surface area is 110 Å². The first-order valence-electron chi connectivity index (χ1n) is 7.23. The van der Waals surface area contributed by atoms with E-state index in [1.165, 1.54) is 32.1 Å². The lowest BCUT2D eigenvalue weighted by atomic mass is 9.75. The fourth-order valence-corrected chi connectivity index (χ4v) is 3.32. The van der Waals surface area contributed by atoms with E-state index in [0.29, 0.717) is 11.6 Å². The van der Waals surface area contributed by atoms with Gasteiger partial charge in [0.05, 0.1) is 0 Å². The molecule has 0 aromatic carbocycles. The topological polar surface area (TPSA) is 50.4 Å². The summed E-state index contributed by atoms with van der Waals surface area (Å²) in [5, 5.41) is 6.84. The van der Waals surface area contributed by atoms with Gasteiger partial charge in [0.1, 0.15) is 6.10 Å². The summed E-state index contributed by atoms with van der Waals surface area (Å²) in [5.41, 5.74) is 0.296. The zero-order chi connectivity index (χ0) is 13.0. The number of ether oxygens (including phenoxy) is 1. The van der Waals surface area contributed by atoms with Crippen LogP contribution >= 0.6 is 0 Å². The van der Waals surface area contributed by atoms with Crippen LogP contribution in [0.2, 0.25) is 0 Å². The highest BCUT2D eigenvalue weighted by molar-refractivity contribution is 5.80. The largest absolute Gasteiger partial charge is 0.372 e. The molecule has 1 saturated heterocycles. The summed E-state index contributed by atoms with van der Waals surface area (Å²) >= 11 is 0. The first-order chi connectivity index (χ1) is 8.65. The third kappa shape index (κ3) is 3.23. The van der Waals surface area contributed by atoms with Gasteiger partial charge in [0.2, 0.25) is 5.91 Å². The first-order valence-corrected chi connectivity index (χ1v) is 7.23. The Morgan fingerprint density at radius 3 is 2.78 bits per heavy atom. The van der Waals surface area contributed by atoms with Crippen LogP contribution in [-0.2, 0) is 9.53 Å². The summed E-state index contributed by atoms with van der Waals surface area (Å²) in [6, 6.07) is 0.314. The molecule has 1 aliphatic carbocycles. The van der Waals surface area contributed by atoms with Gasteiger partial charge in [0, 0.05) is 18.7 Å². The van der Waals surface area contributed by atoms with Crippen LogP contribution < -0.4 is 10.6 Å². The molecule has 0 radical (unpaired) electrons. The molecule has 2 N–H and O–H groups in total. The van der Waals surface area contributed by atoms with Gasteiger partial charge in [-0.1, -0.05) is 19.3 Å². The van der Waals surface area contributed by atoms with Gasteiger partial charge in [-0.25, -0.2) is 0 Å². The van der Waals surface area contributed by atoms with Crippen LogP contribution in [0.5, 0.6) is 0 Å². The second kappa shape index (κ2) is 6.02. The number of nitrogens with one attached hydrogen (secondary N) is 2. The first kappa shape index (κ1) is 13.8. The molecule has 2 unspecified atom stereocenters. The van der Waals surface area contributed by atoms with Crippen molar-refractivity contribution in [2.45, 2.75) is 69.6 Å². The van der Waals surface area contributed by atoms with E-state index in [2.05, 4.69) is 10.6 Å². The van der Waals surface area contributed by atoms with E-state index in [1.54, 1.807) is 14.0 Å². The summed E-state index contributed by atoms with van der Waals surface area (Å²) in [4.78, 5) is 11.9. The molecule has 18 heavy (non-hydrogen) atoms. The average Bonchev–Trinajstić information content (AvgIpc) is 2.38. The van der Waals surface area contributed by atoms with E-state index in [0.717, 1.165) is 19.4 Å². The number of carbonyl (C=O) groups excluding carboxylic acids is 1. The number of amides is 1. The summed E-state index contributed by atoms with van der Waals surface area (Å²) in [6.07, 6.45) is 8.30. The second-order valence-corrected chi connectivity index (χ2v) is 5.84. The van der Waals surface area contributed by atoms with Crippen molar-refractivity contribution in [1.29, 1.82) is 0 Å². The Morgan fingerprint density at radius 1 is 1.39 bits per heavy atom. The average molecular weight is 254 g/mol. The Kier molecular flexibility index (Phi) is 4.62. The van der Waals surface area contributed by atoms with Crippen molar-refractivity contribution in [1.82, 2.24) is 10.6 Å². The third-order valence-electron chi connectivity index (χ3n) is 4.51. The zero-order valence-electron chi connectivity index (χ0n) is 11.6. The van der Waals surface area contributed by atoms with E-state index in [1.807, 2.05) is 0 Å². The quantitative estimate of drug-likeness (QED) is 0.804. The standard InChI is InChI=1S/C14H26N2O2/c1-11(18-2)13(17)16-12-6-9-15-14(10-12)7-4-3-5-8-14/h11-12,15H,3-10H2,1-2H3,(H,16,17). The SMILES string of the molecule is COC(C)C(=O)NC1CCNC2(CCCCC2)C1. The number of hydrogen-bond acceptors (Lipinski definition) is 3. The monoisotopic (exact) mass is 254 g/mol. The highest BCUT2D eigenvalue weighted by atomic mass is 16.5. The van der Waals surface area contributed by atoms with Crippen molar-refractivity contribution in [3.63, 3.8) is 0 Å². The van der Waals surface area contributed by atoms with Gasteiger partial charge in [-0.3, -0.25) is 4.79 Å². The van der Waals surface area contributed by atoms with Crippen molar-refractivity contribution in [3.05, 3.63) is 0 Å². The number of piperidine rings is 1. The minimum atomic E-state index is -0.345. The van der Waals surface area contributed by atoms with E-state index in [4.69, 9.17) is 4.74 Å². The molecule has 4 heteroatoms. The molecule has 1 spiro atoms. The van der Waals surface area contributed by atoms with E-state index < -0.39 is 0 Å². The normalized spacial score (nSPS) is 28.9. The van der Waals surface area contributed by atoms with Crippen molar-refractivity contribution < 1.29 is 9.53 Å². The Hall–Kier alpha value is -0.610. The van der Waals surface area contributed by atoms with Gasteiger partial charge < -0.3 is 15.4 Å². The van der Waals surface area contributed by atoms with Gasteiger partial charge in [0.25, 0.3) is 0 Å². The van der Waals surface area contributed by atoms with Gasteiger partial charge in [-0.2, -0.15) is 0 Å². The molecular formula is C14H26N2O2. The minimum Gasteiger partial charge on any atom is -0.372 e. The molecule has 2 fully saturated rings. The summed E-state index contributed by atoms with van der Waals surface area (Å²) < 4.78 is 5.06. The summed E-state index contributed by atoms with van der Waals surface area (Å²) in [7, 11) is 1.58. The van der Waals surface area contributed by atoms with Crippen molar-refractivity contribution in [2.75, 3.05) is 13.7 Å². The molecule has 2 aliphatic rings. The predicted octanol–water partition coefficient (Wildman–Crippen LogP) is 1.59. The van der Waals surface area contributed by atoms with E-state index in [-0.39, 0.29) is 12.0 Å². The Bertz CT molecular complexity index is 282. The van der Waals surface area contributed by atoms with Gasteiger partial charge >= 0.3 is 0 Å². The molecule has 1 aliphatic heterocycles. The van der Waals surface area contributed by atoms with Gasteiger partial charge in [0.15, 0.2) is 0 Å². The maximum absolute atomic E-state index is 11.9. The molecule has 0 bridgehead atoms. The van der Waals surface area contributed by atoms with Crippen LogP contribution in [-0.4, -0.2) is 37.2 Å². The molecule has 2 rings (SSSR count). The maximum Gasteiger partial charge on any atom is 0.249 e. The van der Waals surface area contributed by atoms with Crippen LogP contribution in [0, 0.1) is 0 Å². The van der Waals surface area contributed by atoms with Crippen LogP contribution in [0.25, 0.3) is 0 Å². The van der Waals surface area contributed by atoms with E-state index in [9.17, 15) is 4.79 Å². The summed E-state index contributed by atoms with van der Waals surface area (Å²) in [6.45, 7) is 2.82. The molecular weight excluding hydrogens is 228 g/mol. The van der Waals surface area contributed by atoms with Gasteiger partial charge in [-0.15, -0.1) is 0 Å². The molecule has 2 atom stereocenters. The number of methoxy groups -OCH3 is 1. The highest BCUT2D eigenvalue weighted by Gasteiger charge is 2.37. The highest BCUT2D eigenvalue weighted by Crippen LogP contribution is 2.34. The van der Waals surface area contributed by atoms with Crippen molar-refractivity contribution in [3.8, 4) is 0 Å². The molecule has 104 valence electrons. The lowest BCUT2D eigenvalue weighted by Gasteiger charge is -2.45. The fourth-order valence-electron chi connectivity index (χ4n) is 3.32. The smallest absolute Gasteiger partial charge is 0.249 e. The molecule has 0 aromatic heterocycles. The fraction of sp³-hybridized carbons (Fsp3) is 0.929. The van der Waals surface area contributed by atoms with Crippen molar-refractivity contribution >= 4 is 5.91 Å². The molecule has 1 saturated carbocycles. The number of carbonyl (C=O) groups is 1. The van der Waals surface area contributed by atoms with Crippen LogP contribution in [0.15, 0.2) is 0 Å². The number of rotatable bonds is 3. The van der Waals surface area contributed by atoms with Gasteiger partial charge in [-0.05, 0) is 39.2 Å². The molecule has 1 heterocycles. The number of hydrogen-bond donors (Lipinski definition) is 2. The van der Waals surface area contributed by atoms with Crippen LogP contribution in [0.4, 0.5) is 0 Å². The minimum absolute atomic E-state index is 0.0235. The van der Waals surface area contributed by atoms with Crippen molar-refractivity contribution in [2.24, 2.45) is 0 Å². The van der Waals surface area contributed by atoms with E-state index >= 15 is 0 Å². The summed E-state index contributed by atoms with van der Waals surface area (Å²) in [5.74, 6) is 0.0235. The third-order valence-corrected chi connectivity index (χ3v) is 4.51. The zero-order valence-corrected chi connectivity index (χ0v) is 11.6. The Balaban J connectivity index is 1.88.